The zero-order valence-electron chi connectivity index (χ0n) is 18.6. The van der Waals surface area contributed by atoms with E-state index in [0.29, 0.717) is 22.5 Å². The third kappa shape index (κ3) is 5.58. The molecule has 0 saturated heterocycles. The molecule has 0 aliphatic rings. The van der Waals surface area contributed by atoms with Crippen LogP contribution in [0.4, 0.5) is 5.69 Å². The number of carbonyl (C=O) groups is 1. The van der Waals surface area contributed by atoms with Gasteiger partial charge in [-0.05, 0) is 49.1 Å². The topological polar surface area (TPSA) is 78.3 Å². The number of ether oxygens (including phenoxy) is 2. The first kappa shape index (κ1) is 22.7. The summed E-state index contributed by atoms with van der Waals surface area (Å²) in [5.74, 6) is 2.17. The quantitative estimate of drug-likeness (QED) is 0.500. The lowest BCUT2D eigenvalue weighted by Crippen LogP contribution is -2.16. The minimum absolute atomic E-state index is 0.0702. The van der Waals surface area contributed by atoms with Crippen LogP contribution in [0.1, 0.15) is 29.4 Å². The number of hydrogen-bond acceptors (Lipinski definition) is 6. The second-order valence-electron chi connectivity index (χ2n) is 7.20. The van der Waals surface area contributed by atoms with Crippen molar-refractivity contribution in [2.24, 2.45) is 7.05 Å². The molecule has 1 N–H and O–H groups in total. The van der Waals surface area contributed by atoms with Crippen LogP contribution < -0.4 is 14.8 Å². The van der Waals surface area contributed by atoms with Gasteiger partial charge < -0.3 is 19.4 Å². The highest BCUT2D eigenvalue weighted by Crippen LogP contribution is 2.28. The maximum Gasteiger partial charge on any atom is 0.234 e. The highest BCUT2D eigenvalue weighted by atomic mass is 32.2. The van der Waals surface area contributed by atoms with E-state index in [0.717, 1.165) is 28.8 Å². The van der Waals surface area contributed by atoms with E-state index in [1.54, 1.807) is 7.11 Å². The zero-order valence-corrected chi connectivity index (χ0v) is 19.4. The third-order valence-electron chi connectivity index (χ3n) is 4.94. The lowest BCUT2D eigenvalue weighted by molar-refractivity contribution is -0.113. The Morgan fingerprint density at radius 1 is 1.16 bits per heavy atom. The molecule has 0 aliphatic carbocycles. The Kier molecular flexibility index (Phi) is 7.57. The normalized spacial score (nSPS) is 10.7. The van der Waals surface area contributed by atoms with E-state index in [1.807, 2.05) is 61.9 Å². The number of amides is 1. The van der Waals surface area contributed by atoms with E-state index in [4.69, 9.17) is 9.47 Å². The first-order valence-electron chi connectivity index (χ1n) is 10.1. The minimum atomic E-state index is -0.0702. The number of aromatic nitrogens is 3. The number of carbonyl (C=O) groups excluding carboxylic acids is 1. The van der Waals surface area contributed by atoms with Crippen molar-refractivity contribution in [3.8, 4) is 11.5 Å². The molecule has 0 spiro atoms. The molecule has 1 aromatic heterocycles. The molecule has 8 heteroatoms. The highest BCUT2D eigenvalue weighted by molar-refractivity contribution is 7.99. The van der Waals surface area contributed by atoms with Crippen molar-refractivity contribution in [2.75, 3.05) is 18.2 Å². The number of benzene rings is 2. The van der Waals surface area contributed by atoms with Gasteiger partial charge in [-0.1, -0.05) is 43.0 Å². The number of nitrogens with zero attached hydrogens (tertiary/aromatic N) is 3. The van der Waals surface area contributed by atoms with E-state index in [9.17, 15) is 4.79 Å². The monoisotopic (exact) mass is 440 g/mol. The summed E-state index contributed by atoms with van der Waals surface area (Å²) in [5, 5.41) is 12.1. The number of aryl methyl sites for hydroxylation is 3. The molecule has 0 saturated carbocycles. The van der Waals surface area contributed by atoms with Crippen molar-refractivity contribution >= 4 is 23.4 Å². The van der Waals surface area contributed by atoms with Gasteiger partial charge in [0.25, 0.3) is 0 Å². The summed E-state index contributed by atoms with van der Waals surface area (Å²) < 4.78 is 13.1. The van der Waals surface area contributed by atoms with Crippen LogP contribution >= 0.6 is 11.8 Å². The summed E-state index contributed by atoms with van der Waals surface area (Å²) in [5.41, 5.74) is 4.18. The van der Waals surface area contributed by atoms with Gasteiger partial charge in [-0.25, -0.2) is 0 Å². The summed E-state index contributed by atoms with van der Waals surface area (Å²) in [6, 6.07) is 11.8. The highest BCUT2D eigenvalue weighted by Gasteiger charge is 2.14. The van der Waals surface area contributed by atoms with Crippen LogP contribution in [0.15, 0.2) is 41.6 Å². The van der Waals surface area contributed by atoms with Crippen LogP contribution in [0.5, 0.6) is 11.5 Å². The fourth-order valence-electron chi connectivity index (χ4n) is 3.14. The van der Waals surface area contributed by atoms with Crippen LogP contribution in [-0.2, 0) is 24.9 Å². The number of para-hydroxylation sites is 1. The molecule has 3 aromatic rings. The summed E-state index contributed by atoms with van der Waals surface area (Å²) in [7, 11) is 3.48. The lowest BCUT2D eigenvalue weighted by Gasteiger charge is -2.13. The van der Waals surface area contributed by atoms with Crippen LogP contribution in [-0.4, -0.2) is 33.5 Å². The largest absolute Gasteiger partial charge is 0.493 e. The van der Waals surface area contributed by atoms with Crippen LogP contribution in [0.3, 0.4) is 0 Å². The van der Waals surface area contributed by atoms with Gasteiger partial charge in [-0.15, -0.1) is 10.2 Å². The van der Waals surface area contributed by atoms with Crippen molar-refractivity contribution < 1.29 is 14.3 Å². The summed E-state index contributed by atoms with van der Waals surface area (Å²) in [4.78, 5) is 12.5. The third-order valence-corrected chi connectivity index (χ3v) is 5.96. The standard InChI is InChI=1S/C23H28N4O3S/c1-6-17-9-7-8-16(3)22(17)24-21(28)14-31-23-26-25-20(27(23)4)13-30-18-11-10-15(2)12-19(18)29-5/h7-12H,6,13-14H2,1-5H3,(H,24,28). The molecule has 2 aromatic carbocycles. The number of thioether (sulfide) groups is 1. The Balaban J connectivity index is 1.59. The Bertz CT molecular complexity index is 1060. The first-order valence-corrected chi connectivity index (χ1v) is 11.1. The van der Waals surface area contributed by atoms with E-state index in [1.165, 1.54) is 11.8 Å². The maximum atomic E-state index is 12.5. The van der Waals surface area contributed by atoms with Crippen molar-refractivity contribution in [1.29, 1.82) is 0 Å². The van der Waals surface area contributed by atoms with Crippen LogP contribution in [0, 0.1) is 13.8 Å². The molecule has 7 nitrogen and oxygen atoms in total. The molecule has 0 unspecified atom stereocenters. The minimum Gasteiger partial charge on any atom is -0.493 e. The molecule has 0 atom stereocenters. The average molecular weight is 441 g/mol. The number of hydrogen-bond donors (Lipinski definition) is 1. The molecule has 164 valence electrons. The molecule has 1 amide bonds. The fourth-order valence-corrected chi connectivity index (χ4v) is 3.87. The molecular formula is C23H28N4O3S. The Morgan fingerprint density at radius 2 is 1.97 bits per heavy atom. The van der Waals surface area contributed by atoms with Gasteiger partial charge in [-0.2, -0.15) is 0 Å². The Labute approximate surface area is 187 Å². The molecule has 31 heavy (non-hydrogen) atoms. The number of rotatable bonds is 9. The Hall–Kier alpha value is -3.00. The average Bonchev–Trinajstić information content (AvgIpc) is 3.12. The van der Waals surface area contributed by atoms with Gasteiger partial charge in [0.05, 0.1) is 12.9 Å². The second-order valence-corrected chi connectivity index (χ2v) is 8.14. The van der Waals surface area contributed by atoms with Crippen molar-refractivity contribution in [3.63, 3.8) is 0 Å². The number of methoxy groups -OCH3 is 1. The van der Waals surface area contributed by atoms with Gasteiger partial charge in [0, 0.05) is 12.7 Å². The maximum absolute atomic E-state index is 12.5. The van der Waals surface area contributed by atoms with E-state index >= 15 is 0 Å². The van der Waals surface area contributed by atoms with E-state index < -0.39 is 0 Å². The zero-order chi connectivity index (χ0) is 22.4. The number of anilines is 1. The Morgan fingerprint density at radius 3 is 2.71 bits per heavy atom. The molecule has 1 heterocycles. The van der Waals surface area contributed by atoms with E-state index in [-0.39, 0.29) is 18.3 Å². The SMILES string of the molecule is CCc1cccc(C)c1NC(=O)CSc1nnc(COc2ccc(C)cc2OC)n1C. The summed E-state index contributed by atoms with van der Waals surface area (Å²) >= 11 is 1.34. The van der Waals surface area contributed by atoms with Gasteiger partial charge in [0.15, 0.2) is 22.5 Å². The predicted molar refractivity (Wildman–Crippen MR) is 123 cm³/mol. The van der Waals surface area contributed by atoms with Gasteiger partial charge >= 0.3 is 0 Å². The molecule has 3 rings (SSSR count). The number of nitrogens with one attached hydrogen (secondary N) is 1. The first-order chi connectivity index (χ1) is 14.9. The molecule has 0 bridgehead atoms. The van der Waals surface area contributed by atoms with Crippen molar-refractivity contribution in [1.82, 2.24) is 14.8 Å². The molecular weight excluding hydrogens is 412 g/mol. The molecule has 0 fully saturated rings. The van der Waals surface area contributed by atoms with Gasteiger partial charge in [0.1, 0.15) is 6.61 Å². The van der Waals surface area contributed by atoms with Crippen molar-refractivity contribution in [2.45, 2.75) is 39.0 Å². The summed E-state index contributed by atoms with van der Waals surface area (Å²) in [6.45, 7) is 6.32. The predicted octanol–water partition coefficient (Wildman–Crippen LogP) is 4.31. The van der Waals surface area contributed by atoms with Crippen molar-refractivity contribution in [3.05, 3.63) is 58.9 Å². The van der Waals surface area contributed by atoms with Gasteiger partial charge in [0.2, 0.25) is 5.91 Å². The summed E-state index contributed by atoms with van der Waals surface area (Å²) in [6.07, 6.45) is 0.864. The second kappa shape index (κ2) is 10.3. The fraction of sp³-hybridized carbons (Fsp3) is 0.348. The smallest absolute Gasteiger partial charge is 0.234 e. The molecule has 0 aliphatic heterocycles. The lowest BCUT2D eigenvalue weighted by atomic mass is 10.1. The van der Waals surface area contributed by atoms with Crippen LogP contribution in [0.25, 0.3) is 0 Å². The van der Waals surface area contributed by atoms with Gasteiger partial charge in [-0.3, -0.25) is 4.79 Å². The van der Waals surface area contributed by atoms with E-state index in [2.05, 4.69) is 22.4 Å². The van der Waals surface area contributed by atoms with Crippen LogP contribution in [0.2, 0.25) is 0 Å². The molecule has 0 radical (unpaired) electrons.